The molecule has 4 bridgehead atoms. The van der Waals surface area contributed by atoms with E-state index >= 15 is 0 Å². The zero-order valence-corrected chi connectivity index (χ0v) is 13.8. The molecule has 0 aromatic rings. The Bertz CT molecular complexity index is 392. The molecular weight excluding hydrogens is 280 g/mol. The fourth-order valence-electron chi connectivity index (χ4n) is 6.04. The van der Waals surface area contributed by atoms with Gasteiger partial charge >= 0.3 is 5.97 Å². The largest absolute Gasteiger partial charge is 0.481 e. The number of carbonyl (C=O) groups is 1. The molecule has 5 aliphatic rings. The van der Waals surface area contributed by atoms with Gasteiger partial charge in [-0.15, -0.1) is 0 Å². The van der Waals surface area contributed by atoms with E-state index in [4.69, 9.17) is 5.11 Å². The van der Waals surface area contributed by atoms with Gasteiger partial charge < -0.3 is 5.11 Å². The molecule has 0 amide bonds. The van der Waals surface area contributed by atoms with E-state index in [0.717, 1.165) is 36.3 Å². The molecule has 0 aromatic heterocycles. The Morgan fingerprint density at radius 2 is 1.62 bits per heavy atom. The molecule has 5 rings (SSSR count). The van der Waals surface area contributed by atoms with Gasteiger partial charge in [-0.3, -0.25) is 4.79 Å². The molecular formula is C18H28O2S. The molecule has 118 valence electrons. The third kappa shape index (κ3) is 3.00. The molecule has 0 radical (unpaired) electrons. The van der Waals surface area contributed by atoms with Crippen molar-refractivity contribution in [3.8, 4) is 0 Å². The van der Waals surface area contributed by atoms with Crippen LogP contribution in [0.1, 0.15) is 64.2 Å². The van der Waals surface area contributed by atoms with Gasteiger partial charge in [0.15, 0.2) is 0 Å². The average molecular weight is 308 g/mol. The molecule has 0 heterocycles. The number of hydrogen-bond acceptors (Lipinski definition) is 2. The monoisotopic (exact) mass is 308 g/mol. The number of rotatable bonds is 7. The lowest BCUT2D eigenvalue weighted by molar-refractivity contribution is -0.138. The molecule has 5 fully saturated rings. The van der Waals surface area contributed by atoms with Gasteiger partial charge in [-0.1, -0.05) is 0 Å². The maximum absolute atomic E-state index is 10.9. The minimum Gasteiger partial charge on any atom is -0.481 e. The second kappa shape index (κ2) is 5.18. The summed E-state index contributed by atoms with van der Waals surface area (Å²) in [6, 6.07) is 0. The highest BCUT2D eigenvalue weighted by Crippen LogP contribution is 2.61. The molecule has 2 nitrogen and oxygen atoms in total. The van der Waals surface area contributed by atoms with Crippen LogP contribution in [0.2, 0.25) is 0 Å². The van der Waals surface area contributed by atoms with Crippen molar-refractivity contribution >= 4 is 17.7 Å². The van der Waals surface area contributed by atoms with Crippen LogP contribution in [0.25, 0.3) is 0 Å². The third-order valence-corrected chi connectivity index (χ3v) is 8.14. The number of aliphatic carboxylic acids is 1. The summed E-state index contributed by atoms with van der Waals surface area (Å²) in [5.74, 6) is 4.93. The summed E-state index contributed by atoms with van der Waals surface area (Å²) in [4.78, 5) is 10.9. The van der Waals surface area contributed by atoms with Crippen LogP contribution in [0, 0.1) is 28.6 Å². The summed E-state index contributed by atoms with van der Waals surface area (Å²) in [6.45, 7) is 0. The lowest BCUT2D eigenvalue weighted by atomic mass is 9.49. The van der Waals surface area contributed by atoms with Gasteiger partial charge in [0.25, 0.3) is 0 Å². The summed E-state index contributed by atoms with van der Waals surface area (Å²) in [6.07, 6.45) is 13.2. The van der Waals surface area contributed by atoms with Gasteiger partial charge in [0.2, 0.25) is 0 Å². The predicted molar refractivity (Wildman–Crippen MR) is 86.5 cm³/mol. The smallest absolute Gasteiger partial charge is 0.303 e. The normalized spacial score (nSPS) is 42.2. The van der Waals surface area contributed by atoms with E-state index in [9.17, 15) is 4.79 Å². The molecule has 0 atom stereocenters. The molecule has 5 saturated carbocycles. The van der Waals surface area contributed by atoms with Crippen molar-refractivity contribution in [3.05, 3.63) is 0 Å². The summed E-state index contributed by atoms with van der Waals surface area (Å²) < 4.78 is 0. The highest BCUT2D eigenvalue weighted by atomic mass is 32.2. The summed E-state index contributed by atoms with van der Waals surface area (Å²) >= 11 is 2.05. The van der Waals surface area contributed by atoms with E-state index in [0.29, 0.717) is 11.8 Å². The summed E-state index contributed by atoms with van der Waals surface area (Å²) in [5.41, 5.74) is 0.878. The van der Waals surface area contributed by atoms with Crippen molar-refractivity contribution in [2.45, 2.75) is 64.2 Å². The molecule has 1 N–H and O–H groups in total. The van der Waals surface area contributed by atoms with E-state index in [-0.39, 0.29) is 5.41 Å². The lowest BCUT2D eigenvalue weighted by Crippen LogP contribution is -2.46. The summed E-state index contributed by atoms with van der Waals surface area (Å²) in [7, 11) is 0. The van der Waals surface area contributed by atoms with Crippen molar-refractivity contribution in [3.63, 3.8) is 0 Å². The number of carboxylic acids is 1. The van der Waals surface area contributed by atoms with Crippen LogP contribution in [0.15, 0.2) is 0 Å². The zero-order chi connectivity index (χ0) is 14.5. The van der Waals surface area contributed by atoms with E-state index in [1.54, 1.807) is 0 Å². The first kappa shape index (κ1) is 14.4. The highest BCUT2D eigenvalue weighted by molar-refractivity contribution is 7.99. The van der Waals surface area contributed by atoms with E-state index in [1.807, 2.05) is 0 Å². The molecule has 0 saturated heterocycles. The predicted octanol–water partition coefficient (Wildman–Crippen LogP) is 4.58. The Kier molecular flexibility index (Phi) is 3.55. The van der Waals surface area contributed by atoms with Crippen molar-refractivity contribution in [1.82, 2.24) is 0 Å². The van der Waals surface area contributed by atoms with E-state index < -0.39 is 5.97 Å². The SMILES string of the molecule is O=C(O)CC1(CSCCC23CC4CC(CC(C4)C2)C3)CC1. The van der Waals surface area contributed by atoms with Crippen LogP contribution in [0.5, 0.6) is 0 Å². The van der Waals surface area contributed by atoms with Crippen LogP contribution in [-0.2, 0) is 4.79 Å². The minimum atomic E-state index is -0.603. The molecule has 5 aliphatic carbocycles. The maximum Gasteiger partial charge on any atom is 0.303 e. The third-order valence-electron chi connectivity index (χ3n) is 6.83. The summed E-state index contributed by atoms with van der Waals surface area (Å²) in [5, 5.41) is 8.99. The Balaban J connectivity index is 1.25. The second-order valence-electron chi connectivity index (χ2n) is 8.79. The van der Waals surface area contributed by atoms with Crippen molar-refractivity contribution in [1.29, 1.82) is 0 Å². The zero-order valence-electron chi connectivity index (χ0n) is 13.0. The topological polar surface area (TPSA) is 37.3 Å². The molecule has 0 unspecified atom stereocenters. The molecule has 21 heavy (non-hydrogen) atoms. The number of carboxylic acid groups (broad SMARTS) is 1. The Labute approximate surface area is 132 Å². The minimum absolute atomic E-state index is 0.179. The molecule has 0 spiro atoms. The first-order chi connectivity index (χ1) is 10.1. The lowest BCUT2D eigenvalue weighted by Gasteiger charge is -2.57. The Morgan fingerprint density at radius 3 is 2.10 bits per heavy atom. The quantitative estimate of drug-likeness (QED) is 0.699. The fraction of sp³-hybridized carbons (Fsp3) is 0.944. The van der Waals surface area contributed by atoms with Gasteiger partial charge in [0.1, 0.15) is 0 Å². The van der Waals surface area contributed by atoms with Crippen LogP contribution in [-0.4, -0.2) is 22.6 Å². The van der Waals surface area contributed by atoms with Gasteiger partial charge in [-0.05, 0) is 97.9 Å². The number of hydrogen-bond donors (Lipinski definition) is 1. The fourth-order valence-corrected chi connectivity index (χ4v) is 7.59. The van der Waals surface area contributed by atoms with Crippen molar-refractivity contribution in [2.24, 2.45) is 28.6 Å². The van der Waals surface area contributed by atoms with Crippen molar-refractivity contribution in [2.75, 3.05) is 11.5 Å². The number of thioether (sulfide) groups is 1. The first-order valence-corrected chi connectivity index (χ1v) is 10.0. The van der Waals surface area contributed by atoms with Crippen LogP contribution < -0.4 is 0 Å². The highest BCUT2D eigenvalue weighted by Gasteiger charge is 2.50. The van der Waals surface area contributed by atoms with Crippen molar-refractivity contribution < 1.29 is 9.90 Å². The van der Waals surface area contributed by atoms with Gasteiger partial charge in [0.05, 0.1) is 6.42 Å². The standard InChI is InChI=1S/C18H28O2S/c19-16(20)11-17(1-2-17)12-21-4-3-18-8-13-5-14(9-18)7-15(6-13)10-18/h13-15H,1-12H2,(H,19,20). The first-order valence-electron chi connectivity index (χ1n) is 8.86. The Morgan fingerprint density at radius 1 is 1.05 bits per heavy atom. The Hall–Kier alpha value is -0.180. The van der Waals surface area contributed by atoms with Gasteiger partial charge in [-0.25, -0.2) is 0 Å². The van der Waals surface area contributed by atoms with Crippen LogP contribution in [0.4, 0.5) is 0 Å². The van der Waals surface area contributed by atoms with Crippen LogP contribution >= 0.6 is 11.8 Å². The van der Waals surface area contributed by atoms with E-state index in [2.05, 4.69) is 11.8 Å². The molecule has 0 aliphatic heterocycles. The van der Waals surface area contributed by atoms with E-state index in [1.165, 1.54) is 50.7 Å². The average Bonchev–Trinajstić information content (AvgIpc) is 3.12. The second-order valence-corrected chi connectivity index (χ2v) is 9.90. The van der Waals surface area contributed by atoms with Gasteiger partial charge in [-0.2, -0.15) is 11.8 Å². The maximum atomic E-state index is 10.9. The molecule has 0 aromatic carbocycles. The van der Waals surface area contributed by atoms with Gasteiger partial charge in [0, 0.05) is 0 Å². The molecule has 3 heteroatoms. The van der Waals surface area contributed by atoms with Crippen LogP contribution in [0.3, 0.4) is 0 Å².